The molecule has 128 valence electrons. The van der Waals surface area contributed by atoms with Crippen molar-refractivity contribution in [3.8, 4) is 0 Å². The summed E-state index contributed by atoms with van der Waals surface area (Å²) in [6.07, 6.45) is -4.01. The summed E-state index contributed by atoms with van der Waals surface area (Å²) >= 11 is 0. The van der Waals surface area contributed by atoms with Crippen molar-refractivity contribution in [3.05, 3.63) is 29.8 Å². The number of esters is 1. The highest BCUT2D eigenvalue weighted by molar-refractivity contribution is 5.93. The van der Waals surface area contributed by atoms with Gasteiger partial charge >= 0.3 is 18.2 Å². The summed E-state index contributed by atoms with van der Waals surface area (Å²) < 4.78 is 43.2. The first kappa shape index (κ1) is 18.8. The maximum absolute atomic E-state index is 12.9. The Kier molecular flexibility index (Phi) is 6.41. The van der Waals surface area contributed by atoms with Crippen molar-refractivity contribution in [1.29, 1.82) is 0 Å². The second-order valence-electron chi connectivity index (χ2n) is 5.03. The lowest BCUT2D eigenvalue weighted by Crippen LogP contribution is -2.47. The van der Waals surface area contributed by atoms with Gasteiger partial charge in [-0.2, -0.15) is 13.2 Å². The second-order valence-corrected chi connectivity index (χ2v) is 5.03. The molecule has 0 spiro atoms. The molecule has 0 unspecified atom stereocenters. The third-order valence-corrected chi connectivity index (χ3v) is 3.44. The van der Waals surface area contributed by atoms with Crippen LogP contribution in [0.3, 0.4) is 0 Å². The van der Waals surface area contributed by atoms with Gasteiger partial charge in [0.1, 0.15) is 6.04 Å². The predicted molar refractivity (Wildman–Crippen MR) is 78.9 cm³/mol. The number of para-hydroxylation sites is 1. The molecular weight excluding hydrogens is 313 g/mol. The van der Waals surface area contributed by atoms with Crippen molar-refractivity contribution >= 4 is 17.7 Å². The molecule has 0 aromatic heterocycles. The number of amides is 2. The minimum absolute atomic E-state index is 0.231. The highest BCUT2D eigenvalue weighted by Crippen LogP contribution is 2.34. The van der Waals surface area contributed by atoms with Crippen molar-refractivity contribution in [3.63, 3.8) is 0 Å². The molecule has 1 aromatic carbocycles. The Bertz CT molecular complexity index is 561. The molecule has 23 heavy (non-hydrogen) atoms. The molecule has 2 atom stereocenters. The van der Waals surface area contributed by atoms with E-state index < -0.39 is 29.8 Å². The van der Waals surface area contributed by atoms with Crippen molar-refractivity contribution in [2.75, 3.05) is 12.4 Å². The molecule has 2 amide bonds. The normalized spacial score (nSPS) is 13.8. The van der Waals surface area contributed by atoms with E-state index in [2.05, 4.69) is 15.4 Å². The van der Waals surface area contributed by atoms with E-state index in [4.69, 9.17) is 0 Å². The highest BCUT2D eigenvalue weighted by Gasteiger charge is 2.34. The molecule has 5 nitrogen and oxygen atoms in total. The van der Waals surface area contributed by atoms with Gasteiger partial charge in [0, 0.05) is 0 Å². The summed E-state index contributed by atoms with van der Waals surface area (Å²) in [6.45, 7) is 3.55. The number of hydrogen-bond acceptors (Lipinski definition) is 3. The lowest BCUT2D eigenvalue weighted by atomic mass is 9.99. The summed E-state index contributed by atoms with van der Waals surface area (Å²) in [6, 6.07) is 2.75. The van der Waals surface area contributed by atoms with Gasteiger partial charge in [-0.1, -0.05) is 32.4 Å². The number of urea groups is 1. The smallest absolute Gasteiger partial charge is 0.418 e. The Morgan fingerprint density at radius 1 is 1.26 bits per heavy atom. The van der Waals surface area contributed by atoms with E-state index in [1.807, 2.05) is 6.92 Å². The molecule has 1 rings (SSSR count). The van der Waals surface area contributed by atoms with Crippen LogP contribution in [0.25, 0.3) is 0 Å². The first-order valence-electron chi connectivity index (χ1n) is 7.02. The van der Waals surface area contributed by atoms with Gasteiger partial charge in [-0.15, -0.1) is 0 Å². The molecule has 0 bridgehead atoms. The zero-order valence-corrected chi connectivity index (χ0v) is 13.0. The molecule has 0 aliphatic rings. The van der Waals surface area contributed by atoms with Crippen molar-refractivity contribution in [1.82, 2.24) is 5.32 Å². The zero-order chi connectivity index (χ0) is 17.6. The molecule has 0 saturated carbocycles. The second kappa shape index (κ2) is 7.85. The lowest BCUT2D eigenvalue weighted by Gasteiger charge is -2.22. The molecule has 8 heteroatoms. The lowest BCUT2D eigenvalue weighted by molar-refractivity contribution is -0.144. The molecular formula is C15H19F3N2O3. The van der Waals surface area contributed by atoms with E-state index in [0.717, 1.165) is 12.1 Å². The van der Waals surface area contributed by atoms with Crippen LogP contribution in [0, 0.1) is 5.92 Å². The summed E-state index contributed by atoms with van der Waals surface area (Å²) in [5, 5.41) is 4.48. The molecule has 0 radical (unpaired) electrons. The van der Waals surface area contributed by atoms with Gasteiger partial charge in [-0.25, -0.2) is 9.59 Å². The number of rotatable bonds is 5. The quantitative estimate of drug-likeness (QED) is 0.812. The molecule has 0 fully saturated rings. The van der Waals surface area contributed by atoms with Gasteiger partial charge < -0.3 is 15.4 Å². The van der Waals surface area contributed by atoms with E-state index >= 15 is 0 Å². The van der Waals surface area contributed by atoms with Crippen molar-refractivity contribution in [2.45, 2.75) is 32.5 Å². The minimum atomic E-state index is -4.59. The fourth-order valence-electron chi connectivity index (χ4n) is 1.94. The largest absolute Gasteiger partial charge is 0.467 e. The van der Waals surface area contributed by atoms with Crippen LogP contribution in [0.1, 0.15) is 25.8 Å². The van der Waals surface area contributed by atoms with E-state index in [1.165, 1.54) is 19.2 Å². The Morgan fingerprint density at radius 2 is 1.87 bits per heavy atom. The molecule has 0 aliphatic carbocycles. The van der Waals surface area contributed by atoms with E-state index in [0.29, 0.717) is 6.42 Å². The van der Waals surface area contributed by atoms with Crippen molar-refractivity contribution < 1.29 is 27.5 Å². The van der Waals surface area contributed by atoms with Crippen LogP contribution in [0.15, 0.2) is 24.3 Å². The van der Waals surface area contributed by atoms with Gasteiger partial charge in [0.25, 0.3) is 0 Å². The SMILES string of the molecule is CC[C@@H](C)[C@H](NC(=O)Nc1ccccc1C(F)(F)F)C(=O)OC. The van der Waals surface area contributed by atoms with Crippen LogP contribution < -0.4 is 10.6 Å². The van der Waals surface area contributed by atoms with Crippen LogP contribution in [0.2, 0.25) is 0 Å². The van der Waals surface area contributed by atoms with Crippen LogP contribution in [0.4, 0.5) is 23.7 Å². The standard InChI is InChI=1S/C15H19F3N2O3/c1-4-9(2)12(13(21)23-3)20-14(22)19-11-8-6-5-7-10(11)15(16,17)18/h5-9,12H,4H2,1-3H3,(H2,19,20,22)/t9-,12+/m1/s1. The Morgan fingerprint density at radius 3 is 2.39 bits per heavy atom. The fourth-order valence-corrected chi connectivity index (χ4v) is 1.94. The highest BCUT2D eigenvalue weighted by atomic mass is 19.4. The number of hydrogen-bond donors (Lipinski definition) is 2. The number of carbonyl (C=O) groups is 2. The van der Waals surface area contributed by atoms with Gasteiger partial charge in [0.05, 0.1) is 18.4 Å². The number of anilines is 1. The minimum Gasteiger partial charge on any atom is -0.467 e. The third kappa shape index (κ3) is 5.15. The topological polar surface area (TPSA) is 67.4 Å². The Hall–Kier alpha value is -2.25. The van der Waals surface area contributed by atoms with E-state index in [-0.39, 0.29) is 11.6 Å². The molecule has 0 aliphatic heterocycles. The molecule has 0 saturated heterocycles. The number of ether oxygens (including phenoxy) is 1. The van der Waals surface area contributed by atoms with Gasteiger partial charge in [0.2, 0.25) is 0 Å². The van der Waals surface area contributed by atoms with E-state index in [1.54, 1.807) is 6.92 Å². The van der Waals surface area contributed by atoms with Crippen LogP contribution in [0.5, 0.6) is 0 Å². The summed E-state index contributed by atoms with van der Waals surface area (Å²) in [7, 11) is 1.18. The fraction of sp³-hybridized carbons (Fsp3) is 0.467. The number of benzene rings is 1. The Balaban J connectivity index is 2.90. The van der Waals surface area contributed by atoms with Crippen molar-refractivity contribution in [2.24, 2.45) is 5.92 Å². The maximum Gasteiger partial charge on any atom is 0.418 e. The molecule has 1 aromatic rings. The third-order valence-electron chi connectivity index (χ3n) is 3.44. The average Bonchev–Trinajstić information content (AvgIpc) is 2.50. The summed E-state index contributed by atoms with van der Waals surface area (Å²) in [5.41, 5.74) is -1.35. The maximum atomic E-state index is 12.9. The first-order chi connectivity index (χ1) is 10.7. The van der Waals surface area contributed by atoms with Crippen LogP contribution in [-0.2, 0) is 15.7 Å². The molecule has 2 N–H and O–H groups in total. The first-order valence-corrected chi connectivity index (χ1v) is 7.02. The van der Waals surface area contributed by atoms with Gasteiger partial charge in [-0.3, -0.25) is 0 Å². The van der Waals surface area contributed by atoms with Crippen LogP contribution in [-0.4, -0.2) is 25.2 Å². The van der Waals surface area contributed by atoms with Gasteiger partial charge in [0.15, 0.2) is 0 Å². The number of halogens is 3. The summed E-state index contributed by atoms with van der Waals surface area (Å²) in [5.74, 6) is -0.885. The number of carbonyl (C=O) groups excluding carboxylic acids is 2. The van der Waals surface area contributed by atoms with E-state index in [9.17, 15) is 22.8 Å². The Labute approximate surface area is 132 Å². The predicted octanol–water partition coefficient (Wildman–Crippen LogP) is 3.41. The number of methoxy groups -OCH3 is 1. The monoisotopic (exact) mass is 332 g/mol. The van der Waals surface area contributed by atoms with Gasteiger partial charge in [-0.05, 0) is 18.1 Å². The summed E-state index contributed by atoms with van der Waals surface area (Å²) in [4.78, 5) is 23.6. The number of alkyl halides is 3. The molecule has 0 heterocycles. The van der Waals surface area contributed by atoms with Crippen LogP contribution >= 0.6 is 0 Å². The average molecular weight is 332 g/mol. The zero-order valence-electron chi connectivity index (χ0n) is 13.0. The number of nitrogens with one attached hydrogen (secondary N) is 2.